The molecule has 118 valence electrons. The van der Waals surface area contributed by atoms with Gasteiger partial charge in [-0.25, -0.2) is 0 Å². The van der Waals surface area contributed by atoms with Crippen LogP contribution in [0.25, 0.3) is 0 Å². The van der Waals surface area contributed by atoms with Crippen LogP contribution in [-0.4, -0.2) is 7.11 Å². The Labute approximate surface area is 143 Å². The van der Waals surface area contributed by atoms with Crippen molar-refractivity contribution >= 4 is 12.6 Å². The van der Waals surface area contributed by atoms with E-state index < -0.39 is 0 Å². The highest BCUT2D eigenvalue weighted by Crippen LogP contribution is 2.19. The zero-order valence-corrected chi connectivity index (χ0v) is 14.3. The molecule has 0 bridgehead atoms. The average Bonchev–Trinajstić information content (AvgIpc) is 2.62. The van der Waals surface area contributed by atoms with Gasteiger partial charge in [0.25, 0.3) is 0 Å². The lowest BCUT2D eigenvalue weighted by Crippen LogP contribution is -1.89. The first-order valence-electron chi connectivity index (χ1n) is 7.35. The SMILES string of the molecule is CCCc1cccc(C#N)c1.COc1ccc(CS)cc1C#N. The highest BCUT2D eigenvalue weighted by atomic mass is 32.1. The molecule has 0 unspecified atom stereocenters. The van der Waals surface area contributed by atoms with Crippen molar-refractivity contribution in [1.29, 1.82) is 10.5 Å². The van der Waals surface area contributed by atoms with E-state index in [1.54, 1.807) is 19.2 Å². The third-order valence-electron chi connectivity index (χ3n) is 3.16. The Bertz CT molecular complexity index is 714. The van der Waals surface area contributed by atoms with Gasteiger partial charge in [-0.15, -0.1) is 0 Å². The van der Waals surface area contributed by atoms with Crippen LogP contribution in [0.15, 0.2) is 42.5 Å². The van der Waals surface area contributed by atoms with E-state index in [-0.39, 0.29) is 0 Å². The molecule has 0 spiro atoms. The molecule has 2 aromatic rings. The molecule has 0 atom stereocenters. The maximum absolute atomic E-state index is 8.71. The molecule has 0 aromatic heterocycles. The molecule has 0 aliphatic heterocycles. The lowest BCUT2D eigenvalue weighted by Gasteiger charge is -2.03. The predicted octanol–water partition coefficient (Wildman–Crippen LogP) is 4.51. The number of hydrogen-bond acceptors (Lipinski definition) is 4. The fourth-order valence-electron chi connectivity index (χ4n) is 2.03. The van der Waals surface area contributed by atoms with Crippen LogP contribution in [0, 0.1) is 22.7 Å². The third kappa shape index (κ3) is 6.06. The molecule has 0 fully saturated rings. The van der Waals surface area contributed by atoms with E-state index in [1.807, 2.05) is 24.3 Å². The zero-order chi connectivity index (χ0) is 17.1. The summed E-state index contributed by atoms with van der Waals surface area (Å²) in [5.74, 6) is 1.25. The number of ether oxygens (including phenoxy) is 1. The van der Waals surface area contributed by atoms with E-state index in [0.717, 1.165) is 24.0 Å². The molecule has 0 saturated carbocycles. The second-order valence-electron chi connectivity index (χ2n) is 4.87. The summed E-state index contributed by atoms with van der Waals surface area (Å²) < 4.78 is 4.99. The maximum atomic E-state index is 8.71. The van der Waals surface area contributed by atoms with Crippen molar-refractivity contribution in [2.45, 2.75) is 25.5 Å². The first kappa shape index (κ1) is 18.6. The van der Waals surface area contributed by atoms with Crippen molar-refractivity contribution in [1.82, 2.24) is 0 Å². The van der Waals surface area contributed by atoms with Crippen LogP contribution in [0.1, 0.15) is 35.6 Å². The van der Waals surface area contributed by atoms with Crippen LogP contribution in [0.5, 0.6) is 5.75 Å². The summed E-state index contributed by atoms with van der Waals surface area (Å²) in [6.45, 7) is 2.14. The predicted molar refractivity (Wildman–Crippen MR) is 95.6 cm³/mol. The number of rotatable bonds is 4. The number of benzene rings is 2. The van der Waals surface area contributed by atoms with Crippen LogP contribution in [-0.2, 0) is 12.2 Å². The number of nitrogens with zero attached hydrogens (tertiary/aromatic N) is 2. The van der Waals surface area contributed by atoms with E-state index in [0.29, 0.717) is 17.1 Å². The van der Waals surface area contributed by atoms with Crippen molar-refractivity contribution in [2.24, 2.45) is 0 Å². The Kier molecular flexibility index (Phi) is 8.36. The van der Waals surface area contributed by atoms with Gasteiger partial charge >= 0.3 is 0 Å². The summed E-state index contributed by atoms with van der Waals surface area (Å²) in [6.07, 6.45) is 2.20. The molecule has 0 aliphatic carbocycles. The van der Waals surface area contributed by atoms with Gasteiger partial charge in [-0.3, -0.25) is 0 Å². The summed E-state index contributed by atoms with van der Waals surface area (Å²) in [6, 6.07) is 17.4. The first-order valence-corrected chi connectivity index (χ1v) is 7.98. The second-order valence-corrected chi connectivity index (χ2v) is 5.18. The second kappa shape index (κ2) is 10.3. The minimum absolute atomic E-state index is 0.559. The Hall–Kier alpha value is -2.43. The highest BCUT2D eigenvalue weighted by Gasteiger charge is 2.01. The molecule has 0 N–H and O–H groups in total. The molecule has 0 saturated heterocycles. The van der Waals surface area contributed by atoms with Crippen LogP contribution < -0.4 is 4.74 Å². The van der Waals surface area contributed by atoms with Crippen molar-refractivity contribution in [3.63, 3.8) is 0 Å². The van der Waals surface area contributed by atoms with Crippen molar-refractivity contribution < 1.29 is 4.74 Å². The van der Waals surface area contributed by atoms with Gasteiger partial charge in [0.15, 0.2) is 0 Å². The minimum atomic E-state index is 0.559. The van der Waals surface area contributed by atoms with E-state index in [1.165, 1.54) is 5.56 Å². The van der Waals surface area contributed by atoms with E-state index in [9.17, 15) is 0 Å². The van der Waals surface area contributed by atoms with Gasteiger partial charge in [-0.2, -0.15) is 23.2 Å². The molecule has 4 heteroatoms. The van der Waals surface area contributed by atoms with Gasteiger partial charge in [0.2, 0.25) is 0 Å². The van der Waals surface area contributed by atoms with Crippen LogP contribution in [0.3, 0.4) is 0 Å². The molecule has 23 heavy (non-hydrogen) atoms. The van der Waals surface area contributed by atoms with E-state index >= 15 is 0 Å². The lowest BCUT2D eigenvalue weighted by atomic mass is 10.1. The summed E-state index contributed by atoms with van der Waals surface area (Å²) in [5, 5.41) is 17.3. The number of hydrogen-bond donors (Lipinski definition) is 1. The Morgan fingerprint density at radius 2 is 1.83 bits per heavy atom. The van der Waals surface area contributed by atoms with Crippen LogP contribution in [0.2, 0.25) is 0 Å². The smallest absolute Gasteiger partial charge is 0.136 e. The van der Waals surface area contributed by atoms with Gasteiger partial charge in [0, 0.05) is 5.75 Å². The Balaban J connectivity index is 0.000000231. The van der Waals surface area contributed by atoms with Crippen LogP contribution >= 0.6 is 12.6 Å². The van der Waals surface area contributed by atoms with Gasteiger partial charge < -0.3 is 4.74 Å². The molecule has 0 aliphatic rings. The van der Waals surface area contributed by atoms with Crippen molar-refractivity contribution in [3.05, 3.63) is 64.7 Å². The van der Waals surface area contributed by atoms with Crippen molar-refractivity contribution in [2.75, 3.05) is 7.11 Å². The molecule has 2 rings (SSSR count). The van der Waals surface area contributed by atoms with Gasteiger partial charge in [-0.1, -0.05) is 31.5 Å². The monoisotopic (exact) mass is 324 g/mol. The van der Waals surface area contributed by atoms with E-state index in [2.05, 4.69) is 37.8 Å². The Morgan fingerprint density at radius 1 is 1.04 bits per heavy atom. The minimum Gasteiger partial charge on any atom is -0.495 e. The summed E-state index contributed by atoms with van der Waals surface area (Å²) in [4.78, 5) is 0. The van der Waals surface area contributed by atoms with Gasteiger partial charge in [0.1, 0.15) is 11.8 Å². The molecule has 3 nitrogen and oxygen atoms in total. The quantitative estimate of drug-likeness (QED) is 0.842. The standard InChI is InChI=1S/C10H11N.C9H9NOS/c1-2-4-9-5-3-6-10(7-9)8-11;1-11-9-3-2-7(6-12)4-8(9)5-10/h3,5-7H,2,4H2,1H3;2-4,12H,6H2,1H3. The number of nitriles is 2. The maximum Gasteiger partial charge on any atom is 0.136 e. The first-order chi connectivity index (χ1) is 11.2. The zero-order valence-electron chi connectivity index (χ0n) is 13.4. The lowest BCUT2D eigenvalue weighted by molar-refractivity contribution is 0.413. The van der Waals surface area contributed by atoms with Crippen LogP contribution in [0.4, 0.5) is 0 Å². The third-order valence-corrected chi connectivity index (χ3v) is 3.53. The fourth-order valence-corrected chi connectivity index (χ4v) is 2.22. The number of aryl methyl sites for hydroxylation is 1. The van der Waals surface area contributed by atoms with Gasteiger partial charge in [0.05, 0.1) is 24.3 Å². The molecular formula is C19H20N2OS. The molecule has 0 radical (unpaired) electrons. The number of methoxy groups -OCH3 is 1. The average molecular weight is 324 g/mol. The topological polar surface area (TPSA) is 56.8 Å². The molecule has 0 heterocycles. The molecule has 0 amide bonds. The fraction of sp³-hybridized carbons (Fsp3) is 0.263. The molecular weight excluding hydrogens is 304 g/mol. The molecule has 2 aromatic carbocycles. The van der Waals surface area contributed by atoms with Gasteiger partial charge in [-0.05, 0) is 41.8 Å². The Morgan fingerprint density at radius 3 is 2.39 bits per heavy atom. The van der Waals surface area contributed by atoms with E-state index in [4.69, 9.17) is 15.3 Å². The van der Waals surface area contributed by atoms with Crippen molar-refractivity contribution in [3.8, 4) is 17.9 Å². The normalized spacial score (nSPS) is 9.09. The summed E-state index contributed by atoms with van der Waals surface area (Å²) >= 11 is 4.11. The highest BCUT2D eigenvalue weighted by molar-refractivity contribution is 7.79. The largest absolute Gasteiger partial charge is 0.495 e. The summed E-state index contributed by atoms with van der Waals surface area (Å²) in [7, 11) is 1.55. The summed E-state index contributed by atoms with van der Waals surface area (Å²) in [5.41, 5.74) is 3.60. The number of thiol groups is 1.